The van der Waals surface area contributed by atoms with Crippen molar-refractivity contribution in [3.05, 3.63) is 51.0 Å². The molecule has 5 atom stereocenters. The van der Waals surface area contributed by atoms with Gasteiger partial charge in [-0.05, 0) is 49.3 Å². The number of phenols is 1. The van der Waals surface area contributed by atoms with Gasteiger partial charge in [-0.25, -0.2) is 0 Å². The first kappa shape index (κ1) is 21.3. The molecule has 0 fully saturated rings. The van der Waals surface area contributed by atoms with E-state index in [1.165, 1.54) is 0 Å². The second-order valence-corrected chi connectivity index (χ2v) is 9.18. The summed E-state index contributed by atoms with van der Waals surface area (Å²) in [5, 5.41) is 43.7. The fourth-order valence-corrected chi connectivity index (χ4v) is 5.85. The van der Waals surface area contributed by atoms with Gasteiger partial charge in [-0.15, -0.1) is 0 Å². The maximum Gasteiger partial charge on any atom is 0.209 e. The quantitative estimate of drug-likeness (QED) is 0.507. The highest BCUT2D eigenvalue weighted by Crippen LogP contribution is 2.57. The highest BCUT2D eigenvalue weighted by molar-refractivity contribution is 6.25. The number of phenolic OH excluding ortho intramolecular Hbond substituents is 1. The Labute approximate surface area is 179 Å². The summed E-state index contributed by atoms with van der Waals surface area (Å²) in [6.07, 6.45) is -0.169. The topological polar surface area (TPSA) is 132 Å². The number of aryl methyl sites for hydroxylation is 1. The van der Waals surface area contributed by atoms with Crippen LogP contribution in [0.15, 0.2) is 28.7 Å². The molecular formula is C24H26O7. The third kappa shape index (κ3) is 2.47. The molecule has 4 N–H and O–H groups in total. The van der Waals surface area contributed by atoms with Crippen LogP contribution in [0.3, 0.4) is 0 Å². The zero-order chi connectivity index (χ0) is 23.2. The lowest BCUT2D eigenvalue weighted by Crippen LogP contribution is -2.59. The van der Waals surface area contributed by atoms with Crippen molar-refractivity contribution >= 4 is 17.3 Å². The van der Waals surface area contributed by atoms with Crippen LogP contribution in [-0.4, -0.2) is 43.4 Å². The number of carbonyl (C=O) groups is 3. The Morgan fingerprint density at radius 1 is 1.13 bits per heavy atom. The molecule has 0 amide bonds. The van der Waals surface area contributed by atoms with Gasteiger partial charge in [0, 0.05) is 23.8 Å². The molecule has 4 rings (SSSR count). The Hall–Kier alpha value is -2.93. The summed E-state index contributed by atoms with van der Waals surface area (Å²) in [7, 11) is 0. The van der Waals surface area contributed by atoms with Gasteiger partial charge in [0.05, 0.1) is 5.56 Å². The Morgan fingerprint density at radius 2 is 1.74 bits per heavy atom. The van der Waals surface area contributed by atoms with E-state index in [-0.39, 0.29) is 29.2 Å². The third-order valence-electron chi connectivity index (χ3n) is 7.66. The van der Waals surface area contributed by atoms with E-state index in [1.807, 2.05) is 19.9 Å². The van der Waals surface area contributed by atoms with Crippen LogP contribution < -0.4 is 0 Å². The Bertz CT molecular complexity index is 1140. The monoisotopic (exact) mass is 426 g/mol. The van der Waals surface area contributed by atoms with Crippen LogP contribution in [0, 0.1) is 31.6 Å². The van der Waals surface area contributed by atoms with Crippen molar-refractivity contribution in [2.75, 3.05) is 0 Å². The molecule has 1 aromatic rings. The van der Waals surface area contributed by atoms with Gasteiger partial charge in [0.15, 0.2) is 17.2 Å². The van der Waals surface area contributed by atoms with Crippen molar-refractivity contribution in [1.82, 2.24) is 0 Å². The summed E-state index contributed by atoms with van der Waals surface area (Å²) >= 11 is 0. The number of ketones is 3. The average Bonchev–Trinajstić information content (AvgIpc) is 2.69. The minimum Gasteiger partial charge on any atom is -0.511 e. The number of benzene rings is 1. The van der Waals surface area contributed by atoms with Gasteiger partial charge >= 0.3 is 0 Å². The van der Waals surface area contributed by atoms with Crippen molar-refractivity contribution in [2.45, 2.75) is 52.6 Å². The fourth-order valence-electron chi connectivity index (χ4n) is 5.85. The molecule has 31 heavy (non-hydrogen) atoms. The number of aromatic hydroxyl groups is 1. The summed E-state index contributed by atoms with van der Waals surface area (Å²) in [5.74, 6) is -6.04. The standard InChI is InChI=1S/C24H26O7/c1-8-6-13-10(3)16-11(4)14-7-15(26)17(12(5)25)22(29)24(14,31)23(30)19(16)21(28)18(13)20(27)9(8)2/h6,10-11,14,16,26-27,30-31H,7H2,1-5H3. The minimum atomic E-state index is -2.49. The molecule has 0 bridgehead atoms. The van der Waals surface area contributed by atoms with E-state index in [0.717, 1.165) is 12.5 Å². The first-order chi connectivity index (χ1) is 14.3. The lowest BCUT2D eigenvalue weighted by Gasteiger charge is -2.51. The minimum absolute atomic E-state index is 0.0658. The number of hydrogen-bond acceptors (Lipinski definition) is 7. The van der Waals surface area contributed by atoms with Crippen LogP contribution in [0.25, 0.3) is 0 Å². The molecule has 164 valence electrons. The second kappa shape index (κ2) is 6.53. The lowest BCUT2D eigenvalue weighted by atomic mass is 9.53. The predicted octanol–water partition coefficient (Wildman–Crippen LogP) is 3.11. The molecule has 3 aliphatic rings. The summed E-state index contributed by atoms with van der Waals surface area (Å²) in [4.78, 5) is 38.6. The SMILES string of the molecule is CC(=O)C1=C(O)CC2C(C)C3C(=C(O)C2(O)C1=O)C(=O)c1c(cc(C)c(C)c1O)C3C. The molecule has 5 unspecified atom stereocenters. The molecule has 0 saturated carbocycles. The molecule has 0 spiro atoms. The molecule has 0 aliphatic heterocycles. The van der Waals surface area contributed by atoms with Crippen molar-refractivity contribution in [1.29, 1.82) is 0 Å². The summed E-state index contributed by atoms with van der Waals surface area (Å²) in [6.45, 7) is 8.26. The van der Waals surface area contributed by atoms with Gasteiger partial charge in [-0.1, -0.05) is 19.9 Å². The van der Waals surface area contributed by atoms with E-state index >= 15 is 0 Å². The molecule has 0 heterocycles. The molecule has 3 aliphatic carbocycles. The number of hydrogen-bond donors (Lipinski definition) is 4. The molecule has 0 radical (unpaired) electrons. The van der Waals surface area contributed by atoms with Crippen molar-refractivity contribution < 1.29 is 34.8 Å². The van der Waals surface area contributed by atoms with Crippen LogP contribution in [0.2, 0.25) is 0 Å². The van der Waals surface area contributed by atoms with Gasteiger partial charge in [-0.2, -0.15) is 0 Å². The molecule has 7 heteroatoms. The number of aliphatic hydroxyl groups excluding tert-OH is 2. The molecule has 7 nitrogen and oxygen atoms in total. The van der Waals surface area contributed by atoms with Crippen LogP contribution in [-0.2, 0) is 9.59 Å². The normalized spacial score (nSPS) is 32.6. The number of fused-ring (bicyclic) bond motifs is 3. The van der Waals surface area contributed by atoms with E-state index in [9.17, 15) is 34.8 Å². The number of carbonyl (C=O) groups excluding carboxylic acids is 3. The highest BCUT2D eigenvalue weighted by atomic mass is 16.3. The zero-order valence-electron chi connectivity index (χ0n) is 18.1. The number of allylic oxidation sites excluding steroid dienone is 2. The molecular weight excluding hydrogens is 400 g/mol. The largest absolute Gasteiger partial charge is 0.511 e. The summed E-state index contributed by atoms with van der Waals surface area (Å²) in [6, 6.07) is 1.85. The third-order valence-corrected chi connectivity index (χ3v) is 7.66. The second-order valence-electron chi connectivity index (χ2n) is 9.18. The maximum atomic E-state index is 13.5. The number of aliphatic hydroxyl groups is 3. The van der Waals surface area contributed by atoms with Crippen molar-refractivity contribution in [2.24, 2.45) is 17.8 Å². The van der Waals surface area contributed by atoms with Crippen molar-refractivity contribution in [3.8, 4) is 5.75 Å². The van der Waals surface area contributed by atoms with E-state index in [2.05, 4.69) is 0 Å². The first-order valence-corrected chi connectivity index (χ1v) is 10.4. The van der Waals surface area contributed by atoms with Gasteiger partial charge in [0.2, 0.25) is 5.78 Å². The van der Waals surface area contributed by atoms with Crippen LogP contribution in [0.4, 0.5) is 0 Å². The number of Topliss-reactive ketones (excluding diaryl/α,β-unsaturated/α-hetero) is 3. The summed E-state index contributed by atoms with van der Waals surface area (Å²) in [5.41, 5.74) is -1.07. The predicted molar refractivity (Wildman–Crippen MR) is 111 cm³/mol. The fraction of sp³-hybridized carbons (Fsp3) is 0.458. The Balaban J connectivity index is 2.02. The van der Waals surface area contributed by atoms with E-state index in [1.54, 1.807) is 13.8 Å². The smallest absolute Gasteiger partial charge is 0.209 e. The van der Waals surface area contributed by atoms with Crippen LogP contribution >= 0.6 is 0 Å². The van der Waals surface area contributed by atoms with Gasteiger partial charge < -0.3 is 20.4 Å². The maximum absolute atomic E-state index is 13.5. The molecule has 0 aromatic heterocycles. The zero-order valence-corrected chi connectivity index (χ0v) is 18.1. The Kier molecular flexibility index (Phi) is 4.49. The van der Waals surface area contributed by atoms with Crippen molar-refractivity contribution in [3.63, 3.8) is 0 Å². The van der Waals surface area contributed by atoms with Crippen LogP contribution in [0.1, 0.15) is 60.2 Å². The number of rotatable bonds is 1. The summed E-state index contributed by atoms with van der Waals surface area (Å²) < 4.78 is 0. The van der Waals surface area contributed by atoms with E-state index in [4.69, 9.17) is 0 Å². The van der Waals surface area contributed by atoms with Crippen LogP contribution in [0.5, 0.6) is 5.75 Å². The van der Waals surface area contributed by atoms with E-state index < -0.39 is 57.8 Å². The molecule has 1 aromatic carbocycles. The van der Waals surface area contributed by atoms with Gasteiger partial charge in [0.1, 0.15) is 22.8 Å². The first-order valence-electron chi connectivity index (χ1n) is 10.4. The highest BCUT2D eigenvalue weighted by Gasteiger charge is 2.62. The van der Waals surface area contributed by atoms with E-state index in [0.29, 0.717) is 11.1 Å². The lowest BCUT2D eigenvalue weighted by molar-refractivity contribution is -0.148. The average molecular weight is 426 g/mol. The Morgan fingerprint density at radius 3 is 2.32 bits per heavy atom. The van der Waals surface area contributed by atoms with Gasteiger partial charge in [-0.3, -0.25) is 14.4 Å². The van der Waals surface area contributed by atoms with Gasteiger partial charge in [0.25, 0.3) is 0 Å². The molecule has 0 saturated heterocycles.